The minimum atomic E-state index is -3.41. The van der Waals surface area contributed by atoms with Crippen LogP contribution in [0.3, 0.4) is 0 Å². The number of hydrogen-bond acceptors (Lipinski definition) is 4. The van der Waals surface area contributed by atoms with Gasteiger partial charge in [0.25, 0.3) is 10.0 Å². The molecule has 2 heterocycles. The van der Waals surface area contributed by atoms with Crippen LogP contribution < -0.4 is 10.0 Å². The summed E-state index contributed by atoms with van der Waals surface area (Å²) in [4.78, 5) is 4.86. The van der Waals surface area contributed by atoms with Crippen LogP contribution in [0.25, 0.3) is 0 Å². The predicted molar refractivity (Wildman–Crippen MR) is 69.2 cm³/mol. The number of aliphatic imine (C=N–C) groups is 1. The summed E-state index contributed by atoms with van der Waals surface area (Å²) in [5, 5.41) is 3.27. The number of fused-ring (bicyclic) bond motifs is 1. The van der Waals surface area contributed by atoms with E-state index in [4.69, 9.17) is 0 Å². The number of piperidine rings is 1. The van der Waals surface area contributed by atoms with E-state index in [1.165, 1.54) is 0 Å². The second-order valence-corrected chi connectivity index (χ2v) is 6.23. The molecule has 0 saturated carbocycles. The zero-order valence-electron chi connectivity index (χ0n) is 9.89. The highest BCUT2D eigenvalue weighted by molar-refractivity contribution is 7.90. The number of benzene rings is 1. The predicted octanol–water partition coefficient (Wildman–Crippen LogP) is 0.477. The summed E-state index contributed by atoms with van der Waals surface area (Å²) < 4.78 is 26.3. The standard InChI is InChI=1S/C12H15N3O2S/c16-18(17)11-6-2-1-5-10(11)12(15-18)14-9-4-3-7-13-8-9/h1-2,5-6,9,13H,3-4,7-8H2,(H,14,15). The van der Waals surface area contributed by atoms with Gasteiger partial charge in [0.2, 0.25) is 0 Å². The summed E-state index contributed by atoms with van der Waals surface area (Å²) in [5.41, 5.74) is 0.683. The summed E-state index contributed by atoms with van der Waals surface area (Å²) >= 11 is 0. The SMILES string of the molecule is O=S1(=O)NC(=NC2CCCNC2)c2ccccc21. The van der Waals surface area contributed by atoms with Crippen LogP contribution in [0.1, 0.15) is 18.4 Å². The van der Waals surface area contributed by atoms with Crippen molar-refractivity contribution in [3.05, 3.63) is 29.8 Å². The lowest BCUT2D eigenvalue weighted by Crippen LogP contribution is -2.34. The van der Waals surface area contributed by atoms with E-state index in [2.05, 4.69) is 15.0 Å². The lowest BCUT2D eigenvalue weighted by Gasteiger charge is -2.19. The van der Waals surface area contributed by atoms with Crippen molar-refractivity contribution in [2.24, 2.45) is 4.99 Å². The van der Waals surface area contributed by atoms with E-state index in [0.29, 0.717) is 16.3 Å². The minimum Gasteiger partial charge on any atom is -0.315 e. The molecule has 0 spiro atoms. The van der Waals surface area contributed by atoms with Gasteiger partial charge in [-0.15, -0.1) is 0 Å². The van der Waals surface area contributed by atoms with Crippen molar-refractivity contribution >= 4 is 15.9 Å². The van der Waals surface area contributed by atoms with Crippen molar-refractivity contribution in [1.29, 1.82) is 0 Å². The summed E-state index contributed by atoms with van der Waals surface area (Å²) in [6.07, 6.45) is 2.08. The highest BCUT2D eigenvalue weighted by Gasteiger charge is 2.30. The smallest absolute Gasteiger partial charge is 0.263 e. The van der Waals surface area contributed by atoms with Crippen molar-refractivity contribution in [2.75, 3.05) is 13.1 Å². The molecular formula is C12H15N3O2S. The molecule has 1 unspecified atom stereocenters. The average molecular weight is 265 g/mol. The van der Waals surface area contributed by atoms with E-state index in [1.807, 2.05) is 6.07 Å². The number of sulfonamides is 1. The summed E-state index contributed by atoms with van der Waals surface area (Å²) in [6.45, 7) is 1.83. The van der Waals surface area contributed by atoms with Crippen molar-refractivity contribution in [2.45, 2.75) is 23.8 Å². The molecule has 0 aliphatic carbocycles. The molecule has 0 aromatic heterocycles. The molecule has 96 valence electrons. The van der Waals surface area contributed by atoms with Gasteiger partial charge in [0.1, 0.15) is 5.84 Å². The highest BCUT2D eigenvalue weighted by atomic mass is 32.2. The molecule has 1 aromatic carbocycles. The maximum atomic E-state index is 11.9. The molecule has 1 atom stereocenters. The third-order valence-electron chi connectivity index (χ3n) is 3.25. The topological polar surface area (TPSA) is 70.6 Å². The fourth-order valence-electron chi connectivity index (χ4n) is 2.36. The lowest BCUT2D eigenvalue weighted by atomic mass is 10.1. The van der Waals surface area contributed by atoms with Gasteiger partial charge in [0.15, 0.2) is 0 Å². The molecule has 1 fully saturated rings. The van der Waals surface area contributed by atoms with Crippen molar-refractivity contribution in [3.8, 4) is 0 Å². The molecule has 0 amide bonds. The number of rotatable bonds is 1. The molecule has 2 N–H and O–H groups in total. The summed E-state index contributed by atoms with van der Waals surface area (Å²) in [7, 11) is -3.41. The van der Waals surface area contributed by atoms with Crippen molar-refractivity contribution in [3.63, 3.8) is 0 Å². The first kappa shape index (κ1) is 11.7. The molecule has 1 aromatic rings. The number of hydrogen-bond donors (Lipinski definition) is 2. The Morgan fingerprint density at radius 3 is 2.89 bits per heavy atom. The Bertz CT molecular complexity index is 589. The molecule has 2 aliphatic rings. The molecular weight excluding hydrogens is 250 g/mol. The second-order valence-electron chi connectivity index (χ2n) is 4.58. The van der Waals surface area contributed by atoms with E-state index < -0.39 is 10.0 Å². The Balaban J connectivity index is 1.98. The summed E-state index contributed by atoms with van der Waals surface area (Å²) in [5.74, 6) is 0.485. The average Bonchev–Trinajstić information content (AvgIpc) is 2.63. The van der Waals surface area contributed by atoms with Crippen LogP contribution >= 0.6 is 0 Å². The van der Waals surface area contributed by atoms with Crippen LogP contribution in [0.15, 0.2) is 34.2 Å². The van der Waals surface area contributed by atoms with Crippen LogP contribution in [0.5, 0.6) is 0 Å². The first-order valence-electron chi connectivity index (χ1n) is 6.07. The minimum absolute atomic E-state index is 0.155. The molecule has 3 rings (SSSR count). The Morgan fingerprint density at radius 2 is 2.11 bits per heavy atom. The second kappa shape index (κ2) is 4.37. The maximum Gasteiger partial charge on any atom is 0.263 e. The molecule has 2 aliphatic heterocycles. The van der Waals surface area contributed by atoms with Crippen LogP contribution in [0.4, 0.5) is 0 Å². The number of nitrogens with zero attached hydrogens (tertiary/aromatic N) is 1. The van der Waals surface area contributed by atoms with E-state index in [-0.39, 0.29) is 6.04 Å². The van der Waals surface area contributed by atoms with Gasteiger partial charge in [0, 0.05) is 12.1 Å². The summed E-state index contributed by atoms with van der Waals surface area (Å²) in [6, 6.07) is 7.11. The van der Waals surface area contributed by atoms with Gasteiger partial charge in [-0.1, -0.05) is 12.1 Å². The Hall–Kier alpha value is -1.40. The molecule has 0 radical (unpaired) electrons. The third-order valence-corrected chi connectivity index (χ3v) is 4.64. The van der Waals surface area contributed by atoms with E-state index in [9.17, 15) is 8.42 Å². The first-order valence-corrected chi connectivity index (χ1v) is 7.56. The fraction of sp³-hybridized carbons (Fsp3) is 0.417. The van der Waals surface area contributed by atoms with Crippen LogP contribution in [0, 0.1) is 0 Å². The van der Waals surface area contributed by atoms with Crippen molar-refractivity contribution < 1.29 is 8.42 Å². The van der Waals surface area contributed by atoms with Crippen LogP contribution in [0.2, 0.25) is 0 Å². The van der Waals surface area contributed by atoms with Crippen molar-refractivity contribution in [1.82, 2.24) is 10.0 Å². The van der Waals surface area contributed by atoms with Crippen LogP contribution in [-0.4, -0.2) is 33.4 Å². The number of nitrogens with one attached hydrogen (secondary N) is 2. The van der Waals surface area contributed by atoms with E-state index in [1.54, 1.807) is 18.2 Å². The first-order chi connectivity index (χ1) is 8.67. The van der Waals surface area contributed by atoms with Gasteiger partial charge < -0.3 is 5.32 Å². The number of amidine groups is 1. The van der Waals surface area contributed by atoms with E-state index in [0.717, 1.165) is 25.9 Å². The van der Waals surface area contributed by atoms with E-state index >= 15 is 0 Å². The van der Waals surface area contributed by atoms with Crippen LogP contribution in [-0.2, 0) is 10.0 Å². The van der Waals surface area contributed by atoms with Gasteiger partial charge >= 0.3 is 0 Å². The lowest BCUT2D eigenvalue weighted by molar-refractivity contribution is 0.460. The molecule has 0 bridgehead atoms. The molecule has 18 heavy (non-hydrogen) atoms. The Kier molecular flexibility index (Phi) is 2.83. The van der Waals surface area contributed by atoms with Gasteiger partial charge in [-0.3, -0.25) is 9.71 Å². The zero-order chi connectivity index (χ0) is 12.6. The molecule has 6 heteroatoms. The molecule has 1 saturated heterocycles. The highest BCUT2D eigenvalue weighted by Crippen LogP contribution is 2.23. The van der Waals surface area contributed by atoms with Gasteiger partial charge in [-0.25, -0.2) is 8.42 Å². The van der Waals surface area contributed by atoms with Gasteiger partial charge in [-0.2, -0.15) is 0 Å². The maximum absolute atomic E-state index is 11.9. The Morgan fingerprint density at radius 1 is 1.28 bits per heavy atom. The quantitative estimate of drug-likeness (QED) is 0.776. The van der Waals surface area contributed by atoms with Gasteiger partial charge in [0.05, 0.1) is 10.9 Å². The molecule has 5 nitrogen and oxygen atoms in total. The third kappa shape index (κ3) is 2.02. The normalized spacial score (nSPS) is 27.8. The fourth-order valence-corrected chi connectivity index (χ4v) is 3.60. The Labute approximate surface area is 106 Å². The zero-order valence-corrected chi connectivity index (χ0v) is 10.7. The largest absolute Gasteiger partial charge is 0.315 e. The monoisotopic (exact) mass is 265 g/mol. The van der Waals surface area contributed by atoms with Gasteiger partial charge in [-0.05, 0) is 31.5 Å².